The molecule has 2 atom stereocenters. The molecule has 1 heterocycles. The van der Waals surface area contributed by atoms with Gasteiger partial charge in [-0.2, -0.15) is 0 Å². The number of benzene rings is 1. The lowest BCUT2D eigenvalue weighted by atomic mass is 9.79. The van der Waals surface area contributed by atoms with Crippen molar-refractivity contribution in [2.75, 3.05) is 0 Å². The SMILES string of the molecule is CC1CC(N2C(=O)C(C)NC(=O)C2c2ccccc2)C1. The number of rotatable bonds is 2. The molecule has 1 aliphatic heterocycles. The highest BCUT2D eigenvalue weighted by atomic mass is 16.2. The van der Waals surface area contributed by atoms with Gasteiger partial charge in [0.25, 0.3) is 0 Å². The predicted molar refractivity (Wildman–Crippen MR) is 75.8 cm³/mol. The van der Waals surface area contributed by atoms with E-state index in [2.05, 4.69) is 12.2 Å². The average molecular weight is 272 g/mol. The van der Waals surface area contributed by atoms with Crippen molar-refractivity contribution in [1.82, 2.24) is 10.2 Å². The molecule has 0 bridgehead atoms. The molecular formula is C16H20N2O2. The Morgan fingerprint density at radius 1 is 1.10 bits per heavy atom. The van der Waals surface area contributed by atoms with Crippen LogP contribution in [0.1, 0.15) is 38.3 Å². The lowest BCUT2D eigenvalue weighted by Crippen LogP contribution is -2.62. The summed E-state index contributed by atoms with van der Waals surface area (Å²) in [4.78, 5) is 26.7. The summed E-state index contributed by atoms with van der Waals surface area (Å²) in [6.07, 6.45) is 1.99. The summed E-state index contributed by atoms with van der Waals surface area (Å²) < 4.78 is 0. The Bertz CT molecular complexity index is 523. The third-order valence-electron chi connectivity index (χ3n) is 4.37. The van der Waals surface area contributed by atoms with Crippen molar-refractivity contribution in [2.24, 2.45) is 5.92 Å². The third kappa shape index (κ3) is 2.09. The Morgan fingerprint density at radius 2 is 1.75 bits per heavy atom. The number of carbonyl (C=O) groups is 2. The summed E-state index contributed by atoms with van der Waals surface area (Å²) in [6.45, 7) is 3.95. The number of nitrogens with one attached hydrogen (secondary N) is 1. The summed E-state index contributed by atoms with van der Waals surface area (Å²) in [7, 11) is 0. The van der Waals surface area contributed by atoms with Crippen molar-refractivity contribution in [1.29, 1.82) is 0 Å². The number of nitrogens with zero attached hydrogens (tertiary/aromatic N) is 1. The lowest BCUT2D eigenvalue weighted by Gasteiger charge is -2.48. The van der Waals surface area contributed by atoms with Crippen LogP contribution in [0.5, 0.6) is 0 Å². The van der Waals surface area contributed by atoms with E-state index < -0.39 is 12.1 Å². The van der Waals surface area contributed by atoms with Gasteiger partial charge in [-0.1, -0.05) is 37.3 Å². The van der Waals surface area contributed by atoms with Crippen LogP contribution in [0.3, 0.4) is 0 Å². The molecule has 2 amide bonds. The molecule has 2 unspecified atom stereocenters. The smallest absolute Gasteiger partial charge is 0.248 e. The average Bonchev–Trinajstić information content (AvgIpc) is 2.40. The maximum absolute atomic E-state index is 12.5. The molecule has 0 radical (unpaired) electrons. The zero-order valence-corrected chi connectivity index (χ0v) is 11.9. The largest absolute Gasteiger partial charge is 0.342 e. The van der Waals surface area contributed by atoms with E-state index in [9.17, 15) is 9.59 Å². The Labute approximate surface area is 119 Å². The minimum atomic E-state index is -0.475. The second-order valence-electron chi connectivity index (χ2n) is 6.02. The van der Waals surface area contributed by atoms with Gasteiger partial charge in [0.05, 0.1) is 0 Å². The fraction of sp³-hybridized carbons (Fsp3) is 0.500. The maximum atomic E-state index is 12.5. The highest BCUT2D eigenvalue weighted by Crippen LogP contribution is 2.38. The van der Waals surface area contributed by atoms with Crippen molar-refractivity contribution in [3.8, 4) is 0 Å². The van der Waals surface area contributed by atoms with Crippen molar-refractivity contribution in [3.63, 3.8) is 0 Å². The third-order valence-corrected chi connectivity index (χ3v) is 4.37. The standard InChI is InChI=1S/C16H20N2O2/c1-10-8-13(9-10)18-14(12-6-4-3-5-7-12)15(19)17-11(2)16(18)20/h3-7,10-11,13-14H,8-9H2,1-2H3,(H,17,19). The summed E-state index contributed by atoms with van der Waals surface area (Å²) in [5.74, 6) is 0.614. The van der Waals surface area contributed by atoms with Gasteiger partial charge in [0.15, 0.2) is 0 Å². The van der Waals surface area contributed by atoms with Crippen molar-refractivity contribution in [3.05, 3.63) is 35.9 Å². The van der Waals surface area contributed by atoms with Crippen LogP contribution in [0.2, 0.25) is 0 Å². The summed E-state index contributed by atoms with van der Waals surface area (Å²) in [5, 5.41) is 2.79. The van der Waals surface area contributed by atoms with E-state index in [-0.39, 0.29) is 17.9 Å². The van der Waals surface area contributed by atoms with E-state index in [1.807, 2.05) is 35.2 Å². The zero-order valence-electron chi connectivity index (χ0n) is 11.9. The molecule has 4 heteroatoms. The maximum Gasteiger partial charge on any atom is 0.248 e. The first-order valence-corrected chi connectivity index (χ1v) is 7.25. The van der Waals surface area contributed by atoms with Gasteiger partial charge >= 0.3 is 0 Å². The minimum Gasteiger partial charge on any atom is -0.342 e. The minimum absolute atomic E-state index is 0.0374. The van der Waals surface area contributed by atoms with Crippen LogP contribution in [0.4, 0.5) is 0 Å². The highest BCUT2D eigenvalue weighted by molar-refractivity contribution is 5.97. The van der Waals surface area contributed by atoms with Gasteiger partial charge in [-0.05, 0) is 31.2 Å². The van der Waals surface area contributed by atoms with Crippen LogP contribution in [-0.2, 0) is 9.59 Å². The van der Waals surface area contributed by atoms with Crippen LogP contribution < -0.4 is 5.32 Å². The van der Waals surface area contributed by atoms with E-state index in [1.54, 1.807) is 6.92 Å². The number of carbonyl (C=O) groups excluding carboxylic acids is 2. The molecule has 0 spiro atoms. The van der Waals surface area contributed by atoms with Crippen molar-refractivity contribution in [2.45, 2.75) is 44.8 Å². The number of hydrogen-bond donors (Lipinski definition) is 1. The van der Waals surface area contributed by atoms with Crippen LogP contribution in [-0.4, -0.2) is 28.8 Å². The van der Waals surface area contributed by atoms with E-state index in [0.29, 0.717) is 5.92 Å². The van der Waals surface area contributed by atoms with Gasteiger partial charge in [0.2, 0.25) is 11.8 Å². The van der Waals surface area contributed by atoms with Crippen molar-refractivity contribution < 1.29 is 9.59 Å². The molecule has 1 N–H and O–H groups in total. The Kier molecular flexibility index (Phi) is 3.24. The molecule has 2 fully saturated rings. The molecule has 1 aromatic carbocycles. The second-order valence-corrected chi connectivity index (χ2v) is 6.02. The molecule has 3 rings (SSSR count). The van der Waals surface area contributed by atoms with Crippen LogP contribution >= 0.6 is 0 Å². The molecule has 2 aliphatic rings. The Balaban J connectivity index is 1.95. The number of piperazine rings is 1. The molecule has 106 valence electrons. The molecule has 1 aliphatic carbocycles. The molecule has 1 aromatic rings. The highest BCUT2D eigenvalue weighted by Gasteiger charge is 2.45. The van der Waals surface area contributed by atoms with Gasteiger partial charge in [0, 0.05) is 6.04 Å². The summed E-state index contributed by atoms with van der Waals surface area (Å²) >= 11 is 0. The first-order chi connectivity index (χ1) is 9.58. The lowest BCUT2D eigenvalue weighted by molar-refractivity contribution is -0.155. The molecule has 1 saturated heterocycles. The molecule has 0 aromatic heterocycles. The van der Waals surface area contributed by atoms with Gasteiger partial charge in [-0.15, -0.1) is 0 Å². The molecule has 1 saturated carbocycles. The topological polar surface area (TPSA) is 49.4 Å². The normalized spacial score (nSPS) is 33.6. The van der Waals surface area contributed by atoms with Crippen LogP contribution in [0.25, 0.3) is 0 Å². The van der Waals surface area contributed by atoms with Gasteiger partial charge in [0.1, 0.15) is 12.1 Å². The Morgan fingerprint density at radius 3 is 2.35 bits per heavy atom. The number of hydrogen-bond acceptors (Lipinski definition) is 2. The van der Waals surface area contributed by atoms with E-state index in [1.165, 1.54) is 0 Å². The van der Waals surface area contributed by atoms with E-state index in [0.717, 1.165) is 18.4 Å². The fourth-order valence-electron chi connectivity index (χ4n) is 3.26. The van der Waals surface area contributed by atoms with Gasteiger partial charge in [-0.3, -0.25) is 9.59 Å². The Hall–Kier alpha value is -1.84. The van der Waals surface area contributed by atoms with Crippen LogP contribution in [0.15, 0.2) is 30.3 Å². The quantitative estimate of drug-likeness (QED) is 0.893. The van der Waals surface area contributed by atoms with Crippen LogP contribution in [0, 0.1) is 5.92 Å². The molecule has 4 nitrogen and oxygen atoms in total. The summed E-state index contributed by atoms with van der Waals surface area (Å²) in [6, 6.07) is 8.89. The first-order valence-electron chi connectivity index (χ1n) is 7.25. The fourth-order valence-corrected chi connectivity index (χ4v) is 3.26. The van der Waals surface area contributed by atoms with Gasteiger partial charge in [-0.25, -0.2) is 0 Å². The monoisotopic (exact) mass is 272 g/mol. The predicted octanol–water partition coefficient (Wildman–Crippen LogP) is 1.87. The zero-order chi connectivity index (χ0) is 14.3. The molecular weight excluding hydrogens is 252 g/mol. The molecule has 20 heavy (non-hydrogen) atoms. The first kappa shape index (κ1) is 13.2. The summed E-state index contributed by atoms with van der Waals surface area (Å²) in [5.41, 5.74) is 0.893. The number of amides is 2. The van der Waals surface area contributed by atoms with Gasteiger partial charge < -0.3 is 10.2 Å². The van der Waals surface area contributed by atoms with E-state index in [4.69, 9.17) is 0 Å². The van der Waals surface area contributed by atoms with Crippen molar-refractivity contribution >= 4 is 11.8 Å². The van der Waals surface area contributed by atoms with E-state index >= 15 is 0 Å². The second kappa shape index (κ2) is 4.93.